The summed E-state index contributed by atoms with van der Waals surface area (Å²) in [5, 5.41) is 1.26. The Labute approximate surface area is 72.1 Å². The fraction of sp³-hybridized carbons (Fsp3) is 0.182. The van der Waals surface area contributed by atoms with Crippen LogP contribution in [-0.4, -0.2) is 4.98 Å². The molecule has 0 aliphatic carbocycles. The minimum Gasteiger partial charge on any atom is -0.256 e. The van der Waals surface area contributed by atoms with Gasteiger partial charge in [0.1, 0.15) is 0 Å². The van der Waals surface area contributed by atoms with Crippen molar-refractivity contribution in [1.82, 2.24) is 4.98 Å². The summed E-state index contributed by atoms with van der Waals surface area (Å²) in [7, 11) is 0. The summed E-state index contributed by atoms with van der Waals surface area (Å²) < 4.78 is 0. The second-order valence-electron chi connectivity index (χ2n) is 3.08. The fourth-order valence-corrected chi connectivity index (χ4v) is 1.41. The van der Waals surface area contributed by atoms with Gasteiger partial charge in [0.2, 0.25) is 0 Å². The summed E-state index contributed by atoms with van der Waals surface area (Å²) in [5.41, 5.74) is 3.75. The van der Waals surface area contributed by atoms with Crippen molar-refractivity contribution in [2.45, 2.75) is 13.8 Å². The quantitative estimate of drug-likeness (QED) is 0.573. The molecule has 0 unspecified atom stereocenters. The van der Waals surface area contributed by atoms with Crippen LogP contribution in [-0.2, 0) is 0 Å². The average molecular weight is 157 g/mol. The van der Waals surface area contributed by atoms with E-state index in [9.17, 15) is 0 Å². The minimum atomic E-state index is 1.08. The standard InChI is InChI=1S/C11H11N/c1-8-5-6-11-10(9(8)2)4-3-7-12-11/h3-7H,1-2H3. The number of rotatable bonds is 0. The SMILES string of the molecule is Cc1ccc2ncccc2c1C. The predicted octanol–water partition coefficient (Wildman–Crippen LogP) is 2.85. The summed E-state index contributed by atoms with van der Waals surface area (Å²) in [4.78, 5) is 4.28. The topological polar surface area (TPSA) is 12.9 Å². The number of pyridine rings is 1. The molecule has 0 bridgehead atoms. The van der Waals surface area contributed by atoms with Gasteiger partial charge in [-0.05, 0) is 37.1 Å². The number of aromatic nitrogens is 1. The third kappa shape index (κ3) is 0.981. The summed E-state index contributed by atoms with van der Waals surface area (Å²) in [6.07, 6.45) is 1.83. The van der Waals surface area contributed by atoms with Crippen LogP contribution in [0.3, 0.4) is 0 Å². The maximum atomic E-state index is 4.28. The number of hydrogen-bond donors (Lipinski definition) is 0. The highest BCUT2D eigenvalue weighted by Gasteiger charge is 1.98. The molecule has 0 aliphatic heterocycles. The van der Waals surface area contributed by atoms with Crippen LogP contribution in [0.1, 0.15) is 11.1 Å². The molecule has 12 heavy (non-hydrogen) atoms. The monoisotopic (exact) mass is 157 g/mol. The second-order valence-corrected chi connectivity index (χ2v) is 3.08. The number of aryl methyl sites for hydroxylation is 2. The van der Waals surface area contributed by atoms with Gasteiger partial charge in [0.15, 0.2) is 0 Å². The second kappa shape index (κ2) is 2.59. The highest BCUT2D eigenvalue weighted by atomic mass is 14.6. The molecule has 1 nitrogen and oxygen atoms in total. The normalized spacial score (nSPS) is 10.5. The smallest absolute Gasteiger partial charge is 0.0704 e. The number of benzene rings is 1. The van der Waals surface area contributed by atoms with E-state index in [-0.39, 0.29) is 0 Å². The lowest BCUT2D eigenvalue weighted by atomic mass is 10.0. The van der Waals surface area contributed by atoms with Crippen LogP contribution in [0.4, 0.5) is 0 Å². The van der Waals surface area contributed by atoms with Crippen molar-refractivity contribution in [3.05, 3.63) is 41.6 Å². The van der Waals surface area contributed by atoms with Gasteiger partial charge >= 0.3 is 0 Å². The summed E-state index contributed by atoms with van der Waals surface area (Å²) >= 11 is 0. The molecule has 1 aromatic carbocycles. The lowest BCUT2D eigenvalue weighted by Crippen LogP contribution is -1.84. The van der Waals surface area contributed by atoms with Crippen LogP contribution < -0.4 is 0 Å². The molecule has 2 aromatic rings. The van der Waals surface area contributed by atoms with Crippen molar-refractivity contribution < 1.29 is 0 Å². The highest BCUT2D eigenvalue weighted by molar-refractivity contribution is 5.82. The van der Waals surface area contributed by atoms with Crippen molar-refractivity contribution in [3.8, 4) is 0 Å². The first-order valence-electron chi connectivity index (χ1n) is 4.10. The van der Waals surface area contributed by atoms with E-state index in [1.807, 2.05) is 12.3 Å². The van der Waals surface area contributed by atoms with E-state index in [0.29, 0.717) is 0 Å². The molecule has 0 spiro atoms. The van der Waals surface area contributed by atoms with Crippen molar-refractivity contribution >= 4 is 10.9 Å². The maximum absolute atomic E-state index is 4.28. The first kappa shape index (κ1) is 7.29. The molecular formula is C11H11N. The van der Waals surface area contributed by atoms with Gasteiger partial charge in [-0.1, -0.05) is 12.1 Å². The molecule has 0 radical (unpaired) electrons. The van der Waals surface area contributed by atoms with Gasteiger partial charge in [0, 0.05) is 11.6 Å². The summed E-state index contributed by atoms with van der Waals surface area (Å²) in [6, 6.07) is 8.28. The van der Waals surface area contributed by atoms with Crippen LogP contribution in [0.25, 0.3) is 10.9 Å². The molecular weight excluding hydrogens is 146 g/mol. The van der Waals surface area contributed by atoms with Gasteiger partial charge in [0.05, 0.1) is 5.52 Å². The molecule has 0 amide bonds. The Balaban J connectivity index is 2.91. The molecule has 60 valence electrons. The molecule has 0 aliphatic rings. The Hall–Kier alpha value is -1.37. The van der Waals surface area contributed by atoms with Crippen molar-refractivity contribution in [2.75, 3.05) is 0 Å². The van der Waals surface area contributed by atoms with E-state index in [1.54, 1.807) is 0 Å². The molecule has 1 heteroatoms. The zero-order valence-electron chi connectivity index (χ0n) is 7.33. The number of hydrogen-bond acceptors (Lipinski definition) is 1. The molecule has 1 heterocycles. The Morgan fingerprint density at radius 2 is 1.92 bits per heavy atom. The van der Waals surface area contributed by atoms with Gasteiger partial charge in [-0.15, -0.1) is 0 Å². The molecule has 2 rings (SSSR count). The molecule has 0 saturated carbocycles. The maximum Gasteiger partial charge on any atom is 0.0704 e. The van der Waals surface area contributed by atoms with Gasteiger partial charge < -0.3 is 0 Å². The van der Waals surface area contributed by atoms with E-state index in [1.165, 1.54) is 16.5 Å². The third-order valence-corrected chi connectivity index (χ3v) is 2.33. The highest BCUT2D eigenvalue weighted by Crippen LogP contribution is 2.18. The third-order valence-electron chi connectivity index (χ3n) is 2.33. The largest absolute Gasteiger partial charge is 0.256 e. The van der Waals surface area contributed by atoms with E-state index < -0.39 is 0 Å². The molecule has 0 atom stereocenters. The zero-order valence-corrected chi connectivity index (χ0v) is 7.33. The van der Waals surface area contributed by atoms with E-state index >= 15 is 0 Å². The molecule has 1 aromatic heterocycles. The predicted molar refractivity (Wildman–Crippen MR) is 51.2 cm³/mol. The summed E-state index contributed by atoms with van der Waals surface area (Å²) in [5.74, 6) is 0. The van der Waals surface area contributed by atoms with E-state index in [0.717, 1.165) is 5.52 Å². The van der Waals surface area contributed by atoms with Crippen LogP contribution in [0.5, 0.6) is 0 Å². The molecule has 0 saturated heterocycles. The van der Waals surface area contributed by atoms with E-state index in [2.05, 4.69) is 37.0 Å². The Kier molecular flexibility index (Phi) is 1.58. The molecule has 0 N–H and O–H groups in total. The summed E-state index contributed by atoms with van der Waals surface area (Å²) in [6.45, 7) is 4.27. The van der Waals surface area contributed by atoms with Gasteiger partial charge in [-0.3, -0.25) is 4.98 Å². The van der Waals surface area contributed by atoms with Gasteiger partial charge in [-0.2, -0.15) is 0 Å². The number of nitrogens with zero attached hydrogens (tertiary/aromatic N) is 1. The van der Waals surface area contributed by atoms with Gasteiger partial charge in [0.25, 0.3) is 0 Å². The number of fused-ring (bicyclic) bond motifs is 1. The Morgan fingerprint density at radius 3 is 2.75 bits per heavy atom. The average Bonchev–Trinajstić information content (AvgIpc) is 2.12. The fourth-order valence-electron chi connectivity index (χ4n) is 1.41. The lowest BCUT2D eigenvalue weighted by molar-refractivity contribution is 1.34. The van der Waals surface area contributed by atoms with Crippen molar-refractivity contribution in [1.29, 1.82) is 0 Å². The van der Waals surface area contributed by atoms with Crippen molar-refractivity contribution in [3.63, 3.8) is 0 Å². The Morgan fingerprint density at radius 1 is 1.08 bits per heavy atom. The van der Waals surface area contributed by atoms with Crippen LogP contribution in [0, 0.1) is 13.8 Å². The first-order valence-corrected chi connectivity index (χ1v) is 4.10. The van der Waals surface area contributed by atoms with E-state index in [4.69, 9.17) is 0 Å². The van der Waals surface area contributed by atoms with Crippen LogP contribution in [0.2, 0.25) is 0 Å². The lowest BCUT2D eigenvalue weighted by Gasteiger charge is -2.03. The first-order chi connectivity index (χ1) is 5.79. The van der Waals surface area contributed by atoms with Crippen LogP contribution in [0.15, 0.2) is 30.5 Å². The van der Waals surface area contributed by atoms with Gasteiger partial charge in [-0.25, -0.2) is 0 Å². The van der Waals surface area contributed by atoms with Crippen molar-refractivity contribution in [2.24, 2.45) is 0 Å². The zero-order chi connectivity index (χ0) is 8.55. The minimum absolute atomic E-state index is 1.08. The molecule has 0 fully saturated rings. The van der Waals surface area contributed by atoms with Crippen LogP contribution >= 0.6 is 0 Å². The Bertz CT molecular complexity index is 418.